The largest absolute Gasteiger partial charge is 0.416 e. The van der Waals surface area contributed by atoms with Gasteiger partial charge in [0.2, 0.25) is 0 Å². The summed E-state index contributed by atoms with van der Waals surface area (Å²) < 4.78 is 37.3. The number of hydrogen-bond acceptors (Lipinski definition) is 1. The van der Waals surface area contributed by atoms with E-state index in [9.17, 15) is 18.9 Å². The Morgan fingerprint density at radius 3 is 2.37 bits per heavy atom. The van der Waals surface area contributed by atoms with Crippen molar-refractivity contribution in [3.05, 3.63) is 35.4 Å². The highest BCUT2D eigenvalue weighted by molar-refractivity contribution is 5.25. The van der Waals surface area contributed by atoms with Crippen LogP contribution in [0.25, 0.3) is 0 Å². The molecule has 0 bridgehead atoms. The molecule has 2 nitrogen and oxygen atoms in total. The van der Waals surface area contributed by atoms with E-state index in [-0.39, 0.29) is 6.04 Å². The fraction of sp³-hybridized carbons (Fsp3) is 0.571. The molecule has 2 radical (unpaired) electrons. The first-order valence-corrected chi connectivity index (χ1v) is 6.55. The van der Waals surface area contributed by atoms with Gasteiger partial charge in [0.15, 0.2) is 0 Å². The van der Waals surface area contributed by atoms with Crippen LogP contribution in [0.15, 0.2) is 24.3 Å². The lowest BCUT2D eigenvalue weighted by Gasteiger charge is -2.18. The second kappa shape index (κ2) is 5.92. The predicted molar refractivity (Wildman–Crippen MR) is 66.5 cm³/mol. The third-order valence-electron chi connectivity index (χ3n) is 3.47. The van der Waals surface area contributed by atoms with Gasteiger partial charge in [0.05, 0.1) is 11.7 Å². The van der Waals surface area contributed by atoms with Crippen molar-refractivity contribution in [1.82, 2.24) is 11.1 Å². The molecule has 2 atom stereocenters. The van der Waals surface area contributed by atoms with Gasteiger partial charge in [-0.2, -0.15) is 13.2 Å². The average Bonchev–Trinajstić information content (AvgIpc) is 2.53. The van der Waals surface area contributed by atoms with Crippen molar-refractivity contribution in [2.24, 2.45) is 0 Å². The zero-order valence-corrected chi connectivity index (χ0v) is 10.6. The first kappa shape index (κ1) is 14.3. The second-order valence-electron chi connectivity index (χ2n) is 5.06. The van der Waals surface area contributed by atoms with Crippen molar-refractivity contribution in [3.8, 4) is 0 Å². The fourth-order valence-electron chi connectivity index (χ4n) is 2.44. The monoisotopic (exact) mass is 270 g/mol. The Morgan fingerprint density at radius 2 is 1.74 bits per heavy atom. The number of alkyl halides is 3. The van der Waals surface area contributed by atoms with E-state index in [0.29, 0.717) is 6.42 Å². The van der Waals surface area contributed by atoms with Crippen LogP contribution in [-0.4, -0.2) is 12.2 Å². The molecule has 0 saturated carbocycles. The van der Waals surface area contributed by atoms with Crippen LogP contribution in [0.4, 0.5) is 13.2 Å². The number of rotatable bonds is 2. The molecule has 1 fully saturated rings. The summed E-state index contributed by atoms with van der Waals surface area (Å²) >= 11 is 0. The van der Waals surface area contributed by atoms with Gasteiger partial charge in [-0.15, -0.1) is 5.73 Å². The lowest BCUT2D eigenvalue weighted by Crippen LogP contribution is -2.38. The van der Waals surface area contributed by atoms with Crippen LogP contribution in [0.1, 0.15) is 36.8 Å². The van der Waals surface area contributed by atoms with Gasteiger partial charge >= 0.3 is 6.18 Å². The Kier molecular flexibility index (Phi) is 4.47. The van der Waals surface area contributed by atoms with Gasteiger partial charge in [0.1, 0.15) is 0 Å². The summed E-state index contributed by atoms with van der Waals surface area (Å²) in [5.74, 6) is 0. The Bertz CT molecular complexity index is 400. The molecule has 104 valence electrons. The van der Waals surface area contributed by atoms with Crippen LogP contribution in [0.3, 0.4) is 0 Å². The maximum Gasteiger partial charge on any atom is 0.416 e. The Morgan fingerprint density at radius 1 is 1.11 bits per heavy atom. The van der Waals surface area contributed by atoms with Crippen molar-refractivity contribution >= 4 is 0 Å². The number of nitrogens with zero attached hydrogens (tertiary/aromatic N) is 1. The number of benzene rings is 1. The van der Waals surface area contributed by atoms with Gasteiger partial charge in [-0.1, -0.05) is 25.0 Å². The van der Waals surface area contributed by atoms with E-state index in [1.54, 1.807) is 0 Å². The maximum absolute atomic E-state index is 12.4. The van der Waals surface area contributed by atoms with Gasteiger partial charge in [-0.05, 0) is 37.0 Å². The third kappa shape index (κ3) is 4.21. The molecular weight excluding hydrogens is 253 g/mol. The van der Waals surface area contributed by atoms with Gasteiger partial charge < -0.3 is 0 Å². The van der Waals surface area contributed by atoms with E-state index in [1.165, 1.54) is 12.1 Å². The molecule has 2 rings (SSSR count). The van der Waals surface area contributed by atoms with Crippen molar-refractivity contribution in [3.63, 3.8) is 0 Å². The zero-order chi connectivity index (χ0) is 13.9. The Hall–Kier alpha value is -1.07. The maximum atomic E-state index is 12.4. The smallest absolute Gasteiger partial charge is 0.296 e. The van der Waals surface area contributed by atoms with Crippen molar-refractivity contribution in [1.29, 1.82) is 0 Å². The highest BCUT2D eigenvalue weighted by Crippen LogP contribution is 2.29. The van der Waals surface area contributed by atoms with Crippen LogP contribution < -0.4 is 11.1 Å². The van der Waals surface area contributed by atoms with E-state index in [4.69, 9.17) is 0 Å². The minimum atomic E-state index is -4.28. The van der Waals surface area contributed by atoms with Crippen LogP contribution in [0, 0.1) is 0 Å². The van der Waals surface area contributed by atoms with Crippen LogP contribution in [-0.2, 0) is 12.6 Å². The molecule has 1 aliphatic heterocycles. The number of hydrogen-bond donors (Lipinski definition) is 1. The van der Waals surface area contributed by atoms with Crippen LogP contribution in [0.5, 0.6) is 0 Å². The molecule has 0 spiro atoms. The average molecular weight is 270 g/mol. The van der Waals surface area contributed by atoms with Gasteiger partial charge in [-0.3, -0.25) is 5.32 Å². The summed E-state index contributed by atoms with van der Waals surface area (Å²) in [5, 5.41) is 3.11. The Balaban J connectivity index is 1.99. The first-order chi connectivity index (χ1) is 8.95. The van der Waals surface area contributed by atoms with E-state index >= 15 is 0 Å². The summed E-state index contributed by atoms with van der Waals surface area (Å²) in [5.41, 5.74) is 9.87. The summed E-state index contributed by atoms with van der Waals surface area (Å²) in [7, 11) is 0. The standard InChI is InChI=1S/C14H17F3N2/c15-14(16,17)11-7-5-10(6-8-11)9-12-3-1-2-4-13(18)19-12/h5-8,12-13,19H,1-4,9H2. The van der Waals surface area contributed by atoms with Crippen LogP contribution >= 0.6 is 0 Å². The summed E-state index contributed by atoms with van der Waals surface area (Å²) in [6.45, 7) is 0. The molecule has 0 aliphatic carbocycles. The van der Waals surface area contributed by atoms with E-state index in [0.717, 1.165) is 43.4 Å². The minimum absolute atomic E-state index is 0.134. The van der Waals surface area contributed by atoms with E-state index in [2.05, 4.69) is 5.32 Å². The molecule has 1 aliphatic rings. The lowest BCUT2D eigenvalue weighted by atomic mass is 10.0. The first-order valence-electron chi connectivity index (χ1n) is 6.55. The summed E-state index contributed by atoms with van der Waals surface area (Å²) in [4.78, 5) is 0. The zero-order valence-electron chi connectivity index (χ0n) is 10.6. The van der Waals surface area contributed by atoms with Gasteiger partial charge in [-0.25, -0.2) is 0 Å². The Labute approximate surface area is 111 Å². The summed E-state index contributed by atoms with van der Waals surface area (Å²) in [6.07, 6.45) is -0.430. The van der Waals surface area contributed by atoms with E-state index in [1.807, 2.05) is 0 Å². The molecule has 19 heavy (non-hydrogen) atoms. The molecule has 1 heterocycles. The number of halogens is 3. The minimum Gasteiger partial charge on any atom is -0.296 e. The van der Waals surface area contributed by atoms with E-state index < -0.39 is 17.9 Å². The molecule has 1 N–H and O–H groups in total. The molecule has 5 heteroatoms. The lowest BCUT2D eigenvalue weighted by molar-refractivity contribution is -0.137. The fourth-order valence-corrected chi connectivity index (χ4v) is 2.44. The van der Waals surface area contributed by atoms with Crippen molar-refractivity contribution < 1.29 is 13.2 Å². The molecule has 1 saturated heterocycles. The molecule has 0 aromatic heterocycles. The highest BCUT2D eigenvalue weighted by atomic mass is 19.4. The van der Waals surface area contributed by atoms with Crippen LogP contribution in [0.2, 0.25) is 0 Å². The van der Waals surface area contributed by atoms with Crippen molar-refractivity contribution in [2.75, 3.05) is 0 Å². The quantitative estimate of drug-likeness (QED) is 0.880. The topological polar surface area (TPSA) is 34.3 Å². The highest BCUT2D eigenvalue weighted by Gasteiger charge is 2.30. The molecule has 1 aromatic rings. The summed E-state index contributed by atoms with van der Waals surface area (Å²) in [6, 6.07) is 5.39. The molecule has 2 unspecified atom stereocenters. The number of nitrogens with one attached hydrogen (secondary N) is 1. The van der Waals surface area contributed by atoms with Crippen molar-refractivity contribution in [2.45, 2.75) is 50.5 Å². The predicted octanol–water partition coefficient (Wildman–Crippen LogP) is 3.17. The SMILES string of the molecule is [N]C1CCCCC(Cc2ccc(C(F)(F)F)cc2)N1. The van der Waals surface area contributed by atoms with Gasteiger partial charge in [0, 0.05) is 6.04 Å². The molecule has 0 amide bonds. The second-order valence-corrected chi connectivity index (χ2v) is 5.06. The third-order valence-corrected chi connectivity index (χ3v) is 3.47. The van der Waals surface area contributed by atoms with Gasteiger partial charge in [0.25, 0.3) is 0 Å². The normalized spacial score (nSPS) is 25.1. The molecular formula is C14H17F3N2. The molecule has 1 aromatic carbocycles.